The molecule has 0 spiro atoms. The van der Waals surface area contributed by atoms with Gasteiger partial charge in [-0.25, -0.2) is 13.8 Å². The van der Waals surface area contributed by atoms with Crippen LogP contribution in [-0.2, 0) is 5.88 Å². The number of halogens is 3. The average molecular weight is 313 g/mol. The summed E-state index contributed by atoms with van der Waals surface area (Å²) in [6.07, 6.45) is 3.22. The minimum atomic E-state index is -0.832. The van der Waals surface area contributed by atoms with Crippen molar-refractivity contribution in [2.75, 3.05) is 0 Å². The van der Waals surface area contributed by atoms with Gasteiger partial charge in [0.25, 0.3) is 0 Å². The van der Waals surface area contributed by atoms with Gasteiger partial charge in [-0.1, -0.05) is 26.7 Å². The Morgan fingerprint density at radius 1 is 1.29 bits per heavy atom. The molecule has 0 amide bonds. The van der Waals surface area contributed by atoms with Gasteiger partial charge in [0.1, 0.15) is 11.3 Å². The van der Waals surface area contributed by atoms with E-state index in [0.29, 0.717) is 23.2 Å². The minimum Gasteiger partial charge on any atom is -0.321 e. The van der Waals surface area contributed by atoms with E-state index < -0.39 is 11.6 Å². The zero-order chi connectivity index (χ0) is 15.1. The summed E-state index contributed by atoms with van der Waals surface area (Å²) in [7, 11) is 0. The number of aromatic nitrogens is 2. The fourth-order valence-electron chi connectivity index (χ4n) is 3.54. The van der Waals surface area contributed by atoms with Crippen LogP contribution < -0.4 is 0 Å². The topological polar surface area (TPSA) is 17.8 Å². The van der Waals surface area contributed by atoms with Crippen molar-refractivity contribution in [2.45, 2.75) is 45.0 Å². The standard InChI is InChI=1S/C16H19ClF2N2/c1-9-4-3-5-13(10(9)2)21-14(8-17)20-12-7-6-11(18)15(19)16(12)21/h6-7,9-10,13H,3-5,8H2,1-2H3. The summed E-state index contributed by atoms with van der Waals surface area (Å²) in [6, 6.07) is 2.78. The molecule has 0 aliphatic heterocycles. The molecule has 1 aromatic heterocycles. The molecule has 1 heterocycles. The summed E-state index contributed by atoms with van der Waals surface area (Å²) < 4.78 is 29.8. The third-order valence-electron chi connectivity index (χ3n) is 4.93. The molecule has 3 unspecified atom stereocenters. The highest BCUT2D eigenvalue weighted by Gasteiger charge is 2.32. The first-order chi connectivity index (χ1) is 10.0. The predicted octanol–water partition coefficient (Wildman–Crippen LogP) is 5.05. The van der Waals surface area contributed by atoms with Crippen molar-refractivity contribution in [3.05, 3.63) is 29.6 Å². The van der Waals surface area contributed by atoms with E-state index >= 15 is 0 Å². The summed E-state index contributed by atoms with van der Waals surface area (Å²) in [5, 5.41) is 0. The van der Waals surface area contributed by atoms with Crippen molar-refractivity contribution < 1.29 is 8.78 Å². The van der Waals surface area contributed by atoms with Crippen molar-refractivity contribution in [1.29, 1.82) is 0 Å². The molecule has 1 saturated carbocycles. The molecule has 1 aromatic carbocycles. The van der Waals surface area contributed by atoms with Crippen molar-refractivity contribution in [3.8, 4) is 0 Å². The second-order valence-electron chi connectivity index (χ2n) is 6.10. The van der Waals surface area contributed by atoms with Crippen LogP contribution in [0.5, 0.6) is 0 Å². The van der Waals surface area contributed by atoms with Crippen molar-refractivity contribution >= 4 is 22.6 Å². The van der Waals surface area contributed by atoms with Crippen LogP contribution in [0.2, 0.25) is 0 Å². The number of benzene rings is 1. The minimum absolute atomic E-state index is 0.129. The van der Waals surface area contributed by atoms with Gasteiger partial charge in [0.2, 0.25) is 0 Å². The van der Waals surface area contributed by atoms with E-state index in [1.807, 2.05) is 4.57 Å². The SMILES string of the molecule is CC1CCCC(n2c(CCl)nc3ccc(F)c(F)c32)C1C. The van der Waals surface area contributed by atoms with Crippen LogP contribution in [0.15, 0.2) is 12.1 Å². The van der Waals surface area contributed by atoms with Gasteiger partial charge in [-0.15, -0.1) is 11.6 Å². The Kier molecular flexibility index (Phi) is 3.91. The molecule has 3 rings (SSSR count). The van der Waals surface area contributed by atoms with Gasteiger partial charge in [-0.2, -0.15) is 0 Å². The van der Waals surface area contributed by atoms with Crippen molar-refractivity contribution in [3.63, 3.8) is 0 Å². The molecule has 2 nitrogen and oxygen atoms in total. The number of hydrogen-bond acceptors (Lipinski definition) is 1. The maximum absolute atomic E-state index is 14.3. The van der Waals surface area contributed by atoms with Gasteiger partial charge in [-0.05, 0) is 30.4 Å². The Morgan fingerprint density at radius 3 is 2.76 bits per heavy atom. The molecular weight excluding hydrogens is 294 g/mol. The van der Waals surface area contributed by atoms with Crippen LogP contribution >= 0.6 is 11.6 Å². The van der Waals surface area contributed by atoms with Crippen LogP contribution in [-0.4, -0.2) is 9.55 Å². The second-order valence-corrected chi connectivity index (χ2v) is 6.36. The fourth-order valence-corrected chi connectivity index (χ4v) is 3.73. The number of alkyl halides is 1. The maximum atomic E-state index is 14.3. The predicted molar refractivity (Wildman–Crippen MR) is 80.4 cm³/mol. The highest BCUT2D eigenvalue weighted by atomic mass is 35.5. The van der Waals surface area contributed by atoms with Crippen LogP contribution in [0.25, 0.3) is 11.0 Å². The first-order valence-corrected chi connectivity index (χ1v) is 7.98. The number of nitrogens with zero attached hydrogens (tertiary/aromatic N) is 2. The van der Waals surface area contributed by atoms with E-state index in [4.69, 9.17) is 11.6 Å². The summed E-state index contributed by atoms with van der Waals surface area (Å²) in [5.41, 5.74) is 0.742. The average Bonchev–Trinajstić information content (AvgIpc) is 2.85. The van der Waals surface area contributed by atoms with Crippen LogP contribution in [0, 0.1) is 23.5 Å². The highest BCUT2D eigenvalue weighted by molar-refractivity contribution is 6.16. The summed E-state index contributed by atoms with van der Waals surface area (Å²) in [4.78, 5) is 4.39. The number of imidazole rings is 1. The van der Waals surface area contributed by atoms with Gasteiger partial charge in [0, 0.05) is 6.04 Å². The van der Waals surface area contributed by atoms with Gasteiger partial charge < -0.3 is 4.57 Å². The molecule has 1 aliphatic carbocycles. The van der Waals surface area contributed by atoms with E-state index in [-0.39, 0.29) is 17.4 Å². The molecule has 1 fully saturated rings. The van der Waals surface area contributed by atoms with E-state index in [1.54, 1.807) is 0 Å². The molecule has 5 heteroatoms. The summed E-state index contributed by atoms with van der Waals surface area (Å²) in [5.74, 6) is 0.125. The fraction of sp³-hybridized carbons (Fsp3) is 0.562. The zero-order valence-electron chi connectivity index (χ0n) is 12.2. The molecule has 0 bridgehead atoms. The van der Waals surface area contributed by atoms with Crippen molar-refractivity contribution in [1.82, 2.24) is 9.55 Å². The Labute approximate surface area is 128 Å². The lowest BCUT2D eigenvalue weighted by Gasteiger charge is -2.36. The smallest absolute Gasteiger partial charge is 0.184 e. The second kappa shape index (κ2) is 5.56. The molecule has 21 heavy (non-hydrogen) atoms. The quantitative estimate of drug-likeness (QED) is 0.709. The van der Waals surface area contributed by atoms with E-state index in [2.05, 4.69) is 18.8 Å². The Balaban J connectivity index is 2.22. The lowest BCUT2D eigenvalue weighted by atomic mass is 9.78. The molecular formula is C16H19ClF2N2. The van der Waals surface area contributed by atoms with Gasteiger partial charge >= 0.3 is 0 Å². The van der Waals surface area contributed by atoms with Crippen molar-refractivity contribution in [2.24, 2.45) is 11.8 Å². The van der Waals surface area contributed by atoms with Crippen LogP contribution in [0.3, 0.4) is 0 Å². The molecule has 0 saturated heterocycles. The third kappa shape index (κ3) is 2.33. The van der Waals surface area contributed by atoms with Crippen LogP contribution in [0.1, 0.15) is 45.0 Å². The number of hydrogen-bond donors (Lipinski definition) is 0. The van der Waals surface area contributed by atoms with E-state index in [0.717, 1.165) is 18.9 Å². The largest absolute Gasteiger partial charge is 0.321 e. The summed E-state index contributed by atoms with van der Waals surface area (Å²) >= 11 is 6.00. The maximum Gasteiger partial charge on any atom is 0.184 e. The summed E-state index contributed by atoms with van der Waals surface area (Å²) in [6.45, 7) is 4.39. The van der Waals surface area contributed by atoms with Gasteiger partial charge in [-0.3, -0.25) is 0 Å². The number of rotatable bonds is 2. The first-order valence-electron chi connectivity index (χ1n) is 7.45. The lowest BCUT2D eigenvalue weighted by molar-refractivity contribution is 0.186. The Hall–Kier alpha value is -1.16. The van der Waals surface area contributed by atoms with Crippen LogP contribution in [0.4, 0.5) is 8.78 Å². The highest BCUT2D eigenvalue weighted by Crippen LogP contribution is 2.40. The first kappa shape index (κ1) is 14.8. The molecule has 3 atom stereocenters. The van der Waals surface area contributed by atoms with E-state index in [1.165, 1.54) is 12.5 Å². The number of fused-ring (bicyclic) bond motifs is 1. The Morgan fingerprint density at radius 2 is 2.05 bits per heavy atom. The van der Waals surface area contributed by atoms with Gasteiger partial charge in [0.05, 0.1) is 11.4 Å². The molecule has 1 aliphatic rings. The molecule has 0 radical (unpaired) electrons. The normalized spacial score (nSPS) is 26.4. The molecule has 0 N–H and O–H groups in total. The third-order valence-corrected chi connectivity index (χ3v) is 5.17. The van der Waals surface area contributed by atoms with E-state index in [9.17, 15) is 8.78 Å². The monoisotopic (exact) mass is 312 g/mol. The van der Waals surface area contributed by atoms with Gasteiger partial charge in [0.15, 0.2) is 11.6 Å². The molecule has 2 aromatic rings. The Bertz CT molecular complexity index is 668. The molecule has 114 valence electrons. The zero-order valence-corrected chi connectivity index (χ0v) is 13.0. The lowest BCUT2D eigenvalue weighted by Crippen LogP contribution is -2.28.